The van der Waals surface area contributed by atoms with E-state index in [2.05, 4.69) is 20.0 Å². The van der Waals surface area contributed by atoms with Crippen LogP contribution in [0.3, 0.4) is 0 Å². The summed E-state index contributed by atoms with van der Waals surface area (Å²) in [7, 11) is -4.26. The van der Waals surface area contributed by atoms with Crippen molar-refractivity contribution in [1.82, 2.24) is 19.4 Å². The van der Waals surface area contributed by atoms with Crippen LogP contribution in [-0.4, -0.2) is 99.4 Å². The van der Waals surface area contributed by atoms with Crippen LogP contribution >= 0.6 is 0 Å². The second-order valence-electron chi connectivity index (χ2n) is 9.11. The summed E-state index contributed by atoms with van der Waals surface area (Å²) in [6.45, 7) is 6.46. The van der Waals surface area contributed by atoms with Gasteiger partial charge in [0.15, 0.2) is 16.5 Å². The molecule has 3 aliphatic heterocycles. The van der Waals surface area contributed by atoms with Gasteiger partial charge in [0.1, 0.15) is 11.6 Å². The third-order valence-corrected chi connectivity index (χ3v) is 8.85. The van der Waals surface area contributed by atoms with Gasteiger partial charge in [-0.2, -0.15) is 4.31 Å². The third kappa shape index (κ3) is 5.25. The molecule has 9 nitrogen and oxygen atoms in total. The van der Waals surface area contributed by atoms with E-state index in [1.54, 1.807) is 0 Å². The molecule has 0 aliphatic carbocycles. The van der Waals surface area contributed by atoms with E-state index < -0.39 is 26.6 Å². The molecule has 3 fully saturated rings. The molecule has 0 radical (unpaired) electrons. The molecule has 1 aromatic carbocycles. The molecule has 2 aromatic rings. The molecule has 4 heterocycles. The van der Waals surface area contributed by atoms with Crippen LogP contribution < -0.4 is 9.80 Å². The molecule has 1 unspecified atom stereocenters. The van der Waals surface area contributed by atoms with Gasteiger partial charge in [-0.1, -0.05) is 6.07 Å². The molecule has 3 aliphatic rings. The van der Waals surface area contributed by atoms with E-state index >= 15 is 0 Å². The summed E-state index contributed by atoms with van der Waals surface area (Å²) in [6.07, 6.45) is 2.66. The molecular formula is C23H30F2N6O3S. The number of halogens is 2. The minimum absolute atomic E-state index is 0.103. The minimum atomic E-state index is -4.26. The van der Waals surface area contributed by atoms with Crippen molar-refractivity contribution in [1.29, 1.82) is 0 Å². The molecule has 0 bridgehead atoms. The Morgan fingerprint density at radius 1 is 0.857 bits per heavy atom. The molecule has 12 heteroatoms. The fourth-order valence-electron chi connectivity index (χ4n) is 4.91. The summed E-state index contributed by atoms with van der Waals surface area (Å²) in [4.78, 5) is 5.69. The van der Waals surface area contributed by atoms with Crippen molar-refractivity contribution in [3.63, 3.8) is 0 Å². The number of nitrogens with zero attached hydrogens (tertiary/aromatic N) is 6. The Morgan fingerprint density at radius 2 is 1.43 bits per heavy atom. The Morgan fingerprint density at radius 3 is 1.94 bits per heavy atom. The molecule has 0 N–H and O–H groups in total. The highest BCUT2D eigenvalue weighted by Gasteiger charge is 2.33. The maximum atomic E-state index is 14.1. The molecule has 35 heavy (non-hydrogen) atoms. The normalized spacial score (nSPS) is 22.6. The zero-order valence-electron chi connectivity index (χ0n) is 19.5. The first-order valence-corrected chi connectivity index (χ1v) is 13.5. The first kappa shape index (κ1) is 24.3. The number of sulfonamides is 1. The van der Waals surface area contributed by atoms with E-state index in [4.69, 9.17) is 4.74 Å². The van der Waals surface area contributed by atoms with Crippen molar-refractivity contribution in [3.05, 3.63) is 42.0 Å². The summed E-state index contributed by atoms with van der Waals surface area (Å²) in [5.41, 5.74) is 0. The van der Waals surface area contributed by atoms with Crippen LogP contribution in [0.2, 0.25) is 0 Å². The lowest BCUT2D eigenvalue weighted by Crippen LogP contribution is -2.49. The smallest absolute Gasteiger partial charge is 0.249 e. The van der Waals surface area contributed by atoms with Gasteiger partial charge < -0.3 is 14.5 Å². The first-order valence-electron chi connectivity index (χ1n) is 12.0. The maximum absolute atomic E-state index is 14.1. The fraction of sp³-hybridized carbons (Fsp3) is 0.565. The quantitative estimate of drug-likeness (QED) is 0.582. The van der Waals surface area contributed by atoms with E-state index in [1.807, 2.05) is 17.0 Å². The summed E-state index contributed by atoms with van der Waals surface area (Å²) < 4.78 is 60.6. The Bertz CT molecular complexity index is 1090. The van der Waals surface area contributed by atoms with E-state index in [9.17, 15) is 17.2 Å². The predicted octanol–water partition coefficient (Wildman–Crippen LogP) is 1.57. The highest BCUT2D eigenvalue weighted by atomic mass is 32.2. The van der Waals surface area contributed by atoms with Gasteiger partial charge in [0, 0.05) is 65.5 Å². The van der Waals surface area contributed by atoms with Crippen LogP contribution in [0.4, 0.5) is 20.4 Å². The largest absolute Gasteiger partial charge is 0.377 e. The van der Waals surface area contributed by atoms with Crippen LogP contribution in [-0.2, 0) is 14.8 Å². The highest BCUT2D eigenvalue weighted by molar-refractivity contribution is 7.89. The number of anilines is 2. The van der Waals surface area contributed by atoms with Gasteiger partial charge >= 0.3 is 0 Å². The Labute approximate surface area is 204 Å². The van der Waals surface area contributed by atoms with Gasteiger partial charge in [-0.25, -0.2) is 17.2 Å². The maximum Gasteiger partial charge on any atom is 0.249 e. The standard InChI is InChI=1S/C23H30F2N6O3S/c24-19-4-1-5-20(25)23(19)35(32,33)31-14-12-30(13-15-31)22-7-6-21(26-27-22)29-10-8-28(9-11-29)17-18-3-2-16-34-18/h1,4-7,18H,2-3,8-17H2. The zero-order valence-corrected chi connectivity index (χ0v) is 20.3. The van der Waals surface area contributed by atoms with E-state index in [-0.39, 0.29) is 13.1 Å². The fourth-order valence-corrected chi connectivity index (χ4v) is 6.44. The second-order valence-corrected chi connectivity index (χ2v) is 11.0. The molecule has 0 saturated carbocycles. The number of piperazine rings is 2. The Hall–Kier alpha value is -2.41. The topological polar surface area (TPSA) is 82.1 Å². The molecule has 5 rings (SSSR count). The van der Waals surface area contributed by atoms with Crippen LogP contribution in [0.5, 0.6) is 0 Å². The predicted molar refractivity (Wildman–Crippen MR) is 127 cm³/mol. The summed E-state index contributed by atoms with van der Waals surface area (Å²) in [5, 5.41) is 8.77. The van der Waals surface area contributed by atoms with Crippen molar-refractivity contribution < 1.29 is 21.9 Å². The highest BCUT2D eigenvalue weighted by Crippen LogP contribution is 2.25. The molecule has 0 spiro atoms. The molecule has 190 valence electrons. The van der Waals surface area contributed by atoms with Crippen molar-refractivity contribution in [2.24, 2.45) is 0 Å². The van der Waals surface area contributed by atoms with E-state index in [1.165, 1.54) is 0 Å². The number of benzene rings is 1. The lowest BCUT2D eigenvalue weighted by atomic mass is 10.2. The number of rotatable bonds is 6. The number of hydrogen-bond donors (Lipinski definition) is 0. The van der Waals surface area contributed by atoms with Crippen LogP contribution in [0.15, 0.2) is 35.2 Å². The summed E-state index contributed by atoms with van der Waals surface area (Å²) >= 11 is 0. The lowest BCUT2D eigenvalue weighted by molar-refractivity contribution is 0.0712. The molecular weight excluding hydrogens is 478 g/mol. The SMILES string of the molecule is O=S(=O)(c1c(F)cccc1F)N1CCN(c2ccc(N3CCN(CC4CCCO4)CC3)nn2)CC1. The molecule has 1 atom stereocenters. The molecule has 0 amide bonds. The number of hydrogen-bond acceptors (Lipinski definition) is 8. The first-order chi connectivity index (χ1) is 16.9. The van der Waals surface area contributed by atoms with Crippen molar-refractivity contribution in [2.75, 3.05) is 75.3 Å². The molecule has 1 aromatic heterocycles. The monoisotopic (exact) mass is 508 g/mol. The van der Waals surface area contributed by atoms with Crippen molar-refractivity contribution in [3.8, 4) is 0 Å². The van der Waals surface area contributed by atoms with Gasteiger partial charge in [-0.05, 0) is 37.1 Å². The third-order valence-electron chi connectivity index (χ3n) is 6.90. The van der Waals surface area contributed by atoms with Crippen LogP contribution in [0.1, 0.15) is 12.8 Å². The van der Waals surface area contributed by atoms with Gasteiger partial charge in [-0.15, -0.1) is 10.2 Å². The Kier molecular flexibility index (Phi) is 7.14. The van der Waals surface area contributed by atoms with E-state index in [0.717, 1.165) is 80.5 Å². The lowest BCUT2D eigenvalue weighted by Gasteiger charge is -2.36. The Balaban J connectivity index is 1.15. The summed E-state index contributed by atoms with van der Waals surface area (Å²) in [6, 6.07) is 6.88. The van der Waals surface area contributed by atoms with Gasteiger partial charge in [0.05, 0.1) is 6.10 Å². The van der Waals surface area contributed by atoms with Crippen LogP contribution in [0, 0.1) is 11.6 Å². The van der Waals surface area contributed by atoms with Crippen LogP contribution in [0.25, 0.3) is 0 Å². The van der Waals surface area contributed by atoms with Gasteiger partial charge in [0.2, 0.25) is 10.0 Å². The van der Waals surface area contributed by atoms with Gasteiger partial charge in [-0.3, -0.25) is 4.90 Å². The second kappa shape index (κ2) is 10.3. The molecule has 3 saturated heterocycles. The summed E-state index contributed by atoms with van der Waals surface area (Å²) in [5.74, 6) is -0.690. The minimum Gasteiger partial charge on any atom is -0.377 e. The van der Waals surface area contributed by atoms with Gasteiger partial charge in [0.25, 0.3) is 0 Å². The average molecular weight is 509 g/mol. The van der Waals surface area contributed by atoms with E-state index in [0.29, 0.717) is 25.0 Å². The number of ether oxygens (including phenoxy) is 1. The van der Waals surface area contributed by atoms with Crippen molar-refractivity contribution >= 4 is 21.7 Å². The number of aromatic nitrogens is 2. The van der Waals surface area contributed by atoms with Crippen molar-refractivity contribution in [2.45, 2.75) is 23.8 Å². The average Bonchev–Trinajstić information content (AvgIpc) is 3.38. The zero-order chi connectivity index (χ0) is 24.4.